The molecule has 8 heteroatoms. The Morgan fingerprint density at radius 3 is 2.61 bits per heavy atom. The molecule has 3 rings (SSSR count). The van der Waals surface area contributed by atoms with Crippen LogP contribution in [0.5, 0.6) is 0 Å². The summed E-state index contributed by atoms with van der Waals surface area (Å²) in [5.41, 5.74) is 3.42. The lowest BCUT2D eigenvalue weighted by atomic mass is 9.95. The summed E-state index contributed by atoms with van der Waals surface area (Å²) in [7, 11) is 0. The predicted octanol–water partition coefficient (Wildman–Crippen LogP) is 4.28. The molecule has 2 unspecified atom stereocenters. The van der Waals surface area contributed by atoms with E-state index in [1.54, 1.807) is 31.6 Å². The summed E-state index contributed by atoms with van der Waals surface area (Å²) in [5.74, 6) is 0.151. The number of carbonyl (C=O) groups is 2. The smallest absolute Gasteiger partial charge is 0.226 e. The maximum atomic E-state index is 13.0. The highest BCUT2D eigenvalue weighted by Crippen LogP contribution is 2.16. The fourth-order valence-corrected chi connectivity index (χ4v) is 4.17. The topological polar surface area (TPSA) is 99.8 Å². The van der Waals surface area contributed by atoms with Crippen LogP contribution in [0.2, 0.25) is 5.02 Å². The summed E-state index contributed by atoms with van der Waals surface area (Å²) in [6, 6.07) is 17.0. The number of aromatic nitrogens is 2. The molecule has 1 heterocycles. The minimum absolute atomic E-state index is 0.101. The van der Waals surface area contributed by atoms with Crippen molar-refractivity contribution >= 4 is 23.3 Å². The highest BCUT2D eigenvalue weighted by atomic mass is 35.5. The van der Waals surface area contributed by atoms with Crippen LogP contribution in [-0.2, 0) is 29.1 Å². The second-order valence-corrected chi connectivity index (χ2v) is 9.52. The number of Topliss-reactive ketones (excluding diaryl/α,β-unsaturated/α-hetero) is 1. The molecule has 0 spiro atoms. The van der Waals surface area contributed by atoms with Crippen molar-refractivity contribution in [2.45, 2.75) is 52.2 Å². The third-order valence-corrected chi connectivity index (χ3v) is 6.57. The van der Waals surface area contributed by atoms with E-state index in [1.807, 2.05) is 41.0 Å². The van der Waals surface area contributed by atoms with Crippen LogP contribution in [0.1, 0.15) is 49.1 Å². The minimum atomic E-state index is -0.144. The largest absolute Gasteiger partial charge is 0.351 e. The van der Waals surface area contributed by atoms with E-state index in [1.165, 1.54) is 0 Å². The fraction of sp³-hybridized carbons (Fsp3) is 0.357. The molecule has 0 radical (unpaired) electrons. The molecule has 0 fully saturated rings. The van der Waals surface area contributed by atoms with Gasteiger partial charge in [0.05, 0.1) is 24.4 Å². The third kappa shape index (κ3) is 8.33. The average Bonchev–Trinajstić information content (AvgIpc) is 3.29. The number of rotatable bonds is 13. The molecule has 0 aliphatic rings. The van der Waals surface area contributed by atoms with Crippen molar-refractivity contribution in [1.29, 1.82) is 5.26 Å². The number of benzene rings is 2. The number of hydrogen-bond donors (Lipinski definition) is 2. The number of nitrogens with zero attached hydrogens (tertiary/aromatic N) is 3. The Morgan fingerprint density at radius 1 is 1.17 bits per heavy atom. The van der Waals surface area contributed by atoms with Crippen molar-refractivity contribution in [2.24, 2.45) is 5.92 Å². The zero-order valence-electron chi connectivity index (χ0n) is 20.7. The number of amides is 1. The van der Waals surface area contributed by atoms with Gasteiger partial charge in [0, 0.05) is 49.0 Å². The minimum Gasteiger partial charge on any atom is -0.351 e. The van der Waals surface area contributed by atoms with Crippen molar-refractivity contribution in [3.05, 3.63) is 88.5 Å². The first-order valence-corrected chi connectivity index (χ1v) is 12.4. The molecule has 0 aliphatic carbocycles. The van der Waals surface area contributed by atoms with Gasteiger partial charge in [-0.2, -0.15) is 5.26 Å². The normalized spacial score (nSPS) is 12.5. The molecular formula is C28H32ClN5O2. The predicted molar refractivity (Wildman–Crippen MR) is 140 cm³/mol. The van der Waals surface area contributed by atoms with Crippen LogP contribution in [0.15, 0.2) is 61.1 Å². The van der Waals surface area contributed by atoms with Gasteiger partial charge in [0.15, 0.2) is 0 Å². The van der Waals surface area contributed by atoms with Gasteiger partial charge < -0.3 is 20.0 Å². The van der Waals surface area contributed by atoms with E-state index in [0.29, 0.717) is 43.1 Å². The number of carbonyl (C=O) groups excluding carboxylic acids is 2. The van der Waals surface area contributed by atoms with E-state index >= 15 is 0 Å². The van der Waals surface area contributed by atoms with E-state index in [-0.39, 0.29) is 30.1 Å². The summed E-state index contributed by atoms with van der Waals surface area (Å²) in [5, 5.41) is 16.3. The Hall–Kier alpha value is -3.47. The summed E-state index contributed by atoms with van der Waals surface area (Å²) in [6.07, 6.45) is 4.78. The first-order chi connectivity index (χ1) is 17.4. The lowest BCUT2D eigenvalue weighted by molar-refractivity contribution is -0.121. The monoisotopic (exact) mass is 505 g/mol. The first-order valence-electron chi connectivity index (χ1n) is 12.1. The van der Waals surface area contributed by atoms with Gasteiger partial charge in [0.2, 0.25) is 5.91 Å². The van der Waals surface area contributed by atoms with Crippen LogP contribution in [0.3, 0.4) is 0 Å². The molecule has 0 saturated heterocycles. The van der Waals surface area contributed by atoms with Crippen molar-refractivity contribution in [2.75, 3.05) is 6.54 Å². The summed E-state index contributed by atoms with van der Waals surface area (Å²) in [4.78, 5) is 28.8. The highest BCUT2D eigenvalue weighted by Gasteiger charge is 2.21. The standard InChI is InChI=1S/C28H32ClN5O2/c1-20(7-8-21(2)35)27(17-31-15-24-5-3-4-6-26(24)29)33-28(36)13-25-16-32-19-34(25)18-23-11-9-22(14-30)10-12-23/h3-6,9-12,16,19-20,27,31H,7-8,13,15,17-18H2,1-2H3,(H,33,36). The molecule has 188 valence electrons. The molecule has 1 amide bonds. The van der Waals surface area contributed by atoms with E-state index < -0.39 is 0 Å². The second kappa shape index (κ2) is 13.6. The zero-order valence-corrected chi connectivity index (χ0v) is 21.5. The lowest BCUT2D eigenvalue weighted by Gasteiger charge is -2.26. The van der Waals surface area contributed by atoms with Crippen LogP contribution >= 0.6 is 11.6 Å². The van der Waals surface area contributed by atoms with Crippen LogP contribution in [0.4, 0.5) is 0 Å². The fourth-order valence-electron chi connectivity index (χ4n) is 3.97. The van der Waals surface area contributed by atoms with Gasteiger partial charge in [-0.05, 0) is 48.6 Å². The van der Waals surface area contributed by atoms with Crippen molar-refractivity contribution in [1.82, 2.24) is 20.2 Å². The quantitative estimate of drug-likeness (QED) is 0.361. The Balaban J connectivity index is 1.61. The maximum absolute atomic E-state index is 13.0. The molecular weight excluding hydrogens is 474 g/mol. The SMILES string of the molecule is CC(=O)CCC(C)C(CNCc1ccccc1Cl)NC(=O)Cc1cncn1Cc1ccc(C#N)cc1. The summed E-state index contributed by atoms with van der Waals surface area (Å²) in [6.45, 7) is 5.35. The molecule has 0 saturated carbocycles. The molecule has 7 nitrogen and oxygen atoms in total. The second-order valence-electron chi connectivity index (χ2n) is 9.11. The van der Waals surface area contributed by atoms with Gasteiger partial charge in [-0.25, -0.2) is 4.98 Å². The van der Waals surface area contributed by atoms with E-state index in [2.05, 4.69) is 28.6 Å². The Bertz CT molecular complexity index is 1200. The van der Waals surface area contributed by atoms with Gasteiger partial charge in [0.25, 0.3) is 0 Å². The molecule has 36 heavy (non-hydrogen) atoms. The van der Waals surface area contributed by atoms with Gasteiger partial charge in [-0.15, -0.1) is 0 Å². The van der Waals surface area contributed by atoms with Crippen LogP contribution in [0.25, 0.3) is 0 Å². The van der Waals surface area contributed by atoms with Gasteiger partial charge in [0.1, 0.15) is 5.78 Å². The molecule has 2 N–H and O–H groups in total. The van der Waals surface area contributed by atoms with E-state index in [4.69, 9.17) is 16.9 Å². The van der Waals surface area contributed by atoms with Crippen molar-refractivity contribution in [3.8, 4) is 6.07 Å². The summed E-state index contributed by atoms with van der Waals surface area (Å²) >= 11 is 6.27. The third-order valence-electron chi connectivity index (χ3n) is 6.20. The van der Waals surface area contributed by atoms with Crippen molar-refractivity contribution < 1.29 is 9.59 Å². The molecule has 3 aromatic rings. The number of ketones is 1. The van der Waals surface area contributed by atoms with Crippen LogP contribution in [-0.4, -0.2) is 33.8 Å². The van der Waals surface area contributed by atoms with Crippen LogP contribution < -0.4 is 10.6 Å². The Morgan fingerprint density at radius 2 is 1.92 bits per heavy atom. The number of halogens is 1. The molecule has 0 aliphatic heterocycles. The van der Waals surface area contributed by atoms with E-state index in [9.17, 15) is 9.59 Å². The maximum Gasteiger partial charge on any atom is 0.226 e. The number of hydrogen-bond acceptors (Lipinski definition) is 5. The van der Waals surface area contributed by atoms with Gasteiger partial charge in [-0.3, -0.25) is 4.79 Å². The molecule has 2 aromatic carbocycles. The Kier molecular flexibility index (Phi) is 10.2. The number of nitrogens with one attached hydrogen (secondary N) is 2. The van der Waals surface area contributed by atoms with Gasteiger partial charge in [-0.1, -0.05) is 48.9 Å². The zero-order chi connectivity index (χ0) is 25.9. The average molecular weight is 506 g/mol. The molecule has 0 bridgehead atoms. The van der Waals surface area contributed by atoms with Crippen molar-refractivity contribution in [3.63, 3.8) is 0 Å². The first kappa shape index (κ1) is 27.1. The molecule has 2 atom stereocenters. The number of imidazole rings is 1. The van der Waals surface area contributed by atoms with Crippen LogP contribution in [0, 0.1) is 17.2 Å². The van der Waals surface area contributed by atoms with Gasteiger partial charge >= 0.3 is 0 Å². The Labute approximate surface area is 217 Å². The van der Waals surface area contributed by atoms with E-state index in [0.717, 1.165) is 16.8 Å². The molecule has 1 aromatic heterocycles. The number of nitriles is 1. The lowest BCUT2D eigenvalue weighted by Crippen LogP contribution is -2.46. The highest BCUT2D eigenvalue weighted by molar-refractivity contribution is 6.31. The summed E-state index contributed by atoms with van der Waals surface area (Å²) < 4.78 is 1.94.